The number of fused-ring (bicyclic) bond motifs is 1. The minimum absolute atomic E-state index is 0.285. The van der Waals surface area contributed by atoms with Crippen LogP contribution in [0.3, 0.4) is 0 Å². The number of esters is 1. The summed E-state index contributed by atoms with van der Waals surface area (Å²) in [6.07, 6.45) is 0. The van der Waals surface area contributed by atoms with Gasteiger partial charge in [0.1, 0.15) is 0 Å². The third kappa shape index (κ3) is 4.79. The molecule has 4 rings (SSSR count). The van der Waals surface area contributed by atoms with Crippen LogP contribution in [-0.4, -0.2) is 35.4 Å². The lowest BCUT2D eigenvalue weighted by Crippen LogP contribution is -2.30. The van der Waals surface area contributed by atoms with E-state index in [1.54, 1.807) is 25.2 Å². The van der Waals surface area contributed by atoms with E-state index in [-0.39, 0.29) is 12.5 Å². The van der Waals surface area contributed by atoms with Crippen molar-refractivity contribution in [3.63, 3.8) is 0 Å². The van der Waals surface area contributed by atoms with E-state index in [0.29, 0.717) is 39.3 Å². The number of likely N-dealkylation sites (N-methyl/N-ethyl adjacent to an activating group) is 1. The Morgan fingerprint density at radius 1 is 0.938 bits per heavy atom. The van der Waals surface area contributed by atoms with Gasteiger partial charge in [-0.15, -0.1) is 0 Å². The van der Waals surface area contributed by atoms with E-state index in [1.807, 2.05) is 66.7 Å². The van der Waals surface area contributed by atoms with Crippen LogP contribution in [-0.2, 0) is 16.1 Å². The van der Waals surface area contributed by atoms with E-state index in [9.17, 15) is 9.59 Å². The lowest BCUT2D eigenvalue weighted by atomic mass is 10.0. The number of ether oxygens (including phenoxy) is 1. The second-order valence-electron chi connectivity index (χ2n) is 7.36. The van der Waals surface area contributed by atoms with Crippen molar-refractivity contribution in [1.82, 2.24) is 9.88 Å². The fourth-order valence-corrected chi connectivity index (χ4v) is 3.64. The Kier molecular flexibility index (Phi) is 6.47. The fourth-order valence-electron chi connectivity index (χ4n) is 3.41. The number of rotatable bonds is 6. The van der Waals surface area contributed by atoms with Gasteiger partial charge in [0.05, 0.1) is 16.8 Å². The topological polar surface area (TPSA) is 59.5 Å². The van der Waals surface area contributed by atoms with Crippen molar-refractivity contribution < 1.29 is 14.3 Å². The van der Waals surface area contributed by atoms with Crippen LogP contribution >= 0.6 is 11.6 Å². The quantitative estimate of drug-likeness (QED) is 0.375. The van der Waals surface area contributed by atoms with Crippen LogP contribution in [0.4, 0.5) is 0 Å². The molecule has 1 aromatic heterocycles. The highest BCUT2D eigenvalue weighted by Gasteiger charge is 2.18. The smallest absolute Gasteiger partial charge is 0.339 e. The monoisotopic (exact) mass is 444 g/mol. The van der Waals surface area contributed by atoms with Crippen molar-refractivity contribution in [2.24, 2.45) is 0 Å². The number of halogens is 1. The molecule has 0 bridgehead atoms. The maximum atomic E-state index is 13.0. The minimum atomic E-state index is -0.585. The Hall–Kier alpha value is -3.70. The summed E-state index contributed by atoms with van der Waals surface area (Å²) in [7, 11) is 1.68. The van der Waals surface area contributed by atoms with E-state index < -0.39 is 5.97 Å². The largest absolute Gasteiger partial charge is 0.452 e. The molecule has 0 spiro atoms. The Morgan fingerprint density at radius 2 is 1.62 bits per heavy atom. The van der Waals surface area contributed by atoms with E-state index in [0.717, 1.165) is 5.56 Å². The number of para-hydroxylation sites is 1. The summed E-state index contributed by atoms with van der Waals surface area (Å²) in [6.45, 7) is 0.0896. The van der Waals surface area contributed by atoms with E-state index in [1.165, 1.54) is 4.90 Å². The molecule has 0 aliphatic carbocycles. The first kappa shape index (κ1) is 21.5. The van der Waals surface area contributed by atoms with Crippen LogP contribution in [0.15, 0.2) is 84.9 Å². The van der Waals surface area contributed by atoms with Crippen molar-refractivity contribution in [2.75, 3.05) is 13.7 Å². The van der Waals surface area contributed by atoms with Crippen molar-refractivity contribution in [3.05, 3.63) is 101 Å². The van der Waals surface area contributed by atoms with Gasteiger partial charge >= 0.3 is 5.97 Å². The van der Waals surface area contributed by atoms with Gasteiger partial charge in [0.25, 0.3) is 5.91 Å². The van der Waals surface area contributed by atoms with Crippen molar-refractivity contribution in [2.45, 2.75) is 6.54 Å². The highest BCUT2D eigenvalue weighted by Crippen LogP contribution is 2.30. The molecule has 4 aromatic rings. The van der Waals surface area contributed by atoms with Crippen molar-refractivity contribution >= 4 is 34.4 Å². The number of carbonyl (C=O) groups is 2. The molecule has 0 N–H and O–H groups in total. The fraction of sp³-hybridized carbons (Fsp3) is 0.115. The van der Waals surface area contributed by atoms with Gasteiger partial charge < -0.3 is 9.64 Å². The molecule has 0 aliphatic heterocycles. The molecule has 3 aromatic carbocycles. The molecular weight excluding hydrogens is 424 g/mol. The van der Waals surface area contributed by atoms with Gasteiger partial charge in [-0.05, 0) is 23.8 Å². The van der Waals surface area contributed by atoms with Gasteiger partial charge in [-0.3, -0.25) is 4.79 Å². The first-order valence-electron chi connectivity index (χ1n) is 10.1. The Bertz CT molecular complexity index is 1270. The Morgan fingerprint density at radius 3 is 2.41 bits per heavy atom. The molecule has 32 heavy (non-hydrogen) atoms. The Labute approximate surface area is 191 Å². The van der Waals surface area contributed by atoms with Crippen LogP contribution in [0.5, 0.6) is 0 Å². The predicted molar refractivity (Wildman–Crippen MR) is 125 cm³/mol. The summed E-state index contributed by atoms with van der Waals surface area (Å²) < 4.78 is 5.39. The number of amides is 1. The molecule has 1 heterocycles. The average Bonchev–Trinajstić information content (AvgIpc) is 2.82. The Balaban J connectivity index is 1.55. The summed E-state index contributed by atoms with van der Waals surface area (Å²) in [4.78, 5) is 31.6. The van der Waals surface area contributed by atoms with E-state index in [2.05, 4.69) is 4.98 Å². The summed E-state index contributed by atoms with van der Waals surface area (Å²) in [5.41, 5.74) is 3.26. The number of carbonyl (C=O) groups excluding carboxylic acids is 2. The van der Waals surface area contributed by atoms with Gasteiger partial charge in [-0.1, -0.05) is 78.3 Å². The number of hydrogen-bond donors (Lipinski definition) is 0. The molecule has 0 fully saturated rings. The summed E-state index contributed by atoms with van der Waals surface area (Å²) in [5.74, 6) is -0.870. The second kappa shape index (κ2) is 9.62. The lowest BCUT2D eigenvalue weighted by Gasteiger charge is -2.17. The third-order valence-corrected chi connectivity index (χ3v) is 5.43. The molecule has 0 saturated heterocycles. The first-order chi connectivity index (χ1) is 15.5. The third-order valence-electron chi connectivity index (χ3n) is 5.10. The zero-order chi connectivity index (χ0) is 22.5. The predicted octanol–water partition coefficient (Wildman–Crippen LogP) is 5.37. The van der Waals surface area contributed by atoms with E-state index >= 15 is 0 Å². The molecule has 6 heteroatoms. The molecule has 0 saturated carbocycles. The van der Waals surface area contributed by atoms with Gasteiger partial charge in [0, 0.05) is 29.6 Å². The maximum Gasteiger partial charge on any atom is 0.339 e. The van der Waals surface area contributed by atoms with Crippen LogP contribution in [0, 0.1) is 0 Å². The number of pyridine rings is 1. The standard InChI is InChI=1S/C26H21ClN2O3/c1-29(16-18-9-3-2-4-10-18)25(30)17-32-26(31)21-15-24(20-12-5-7-13-22(20)27)28-23-14-8-6-11-19(21)23/h2-15H,16-17H2,1H3. The van der Waals surface area contributed by atoms with E-state index in [4.69, 9.17) is 16.3 Å². The average molecular weight is 445 g/mol. The summed E-state index contributed by atoms with van der Waals surface area (Å²) in [5, 5.41) is 1.19. The molecule has 5 nitrogen and oxygen atoms in total. The van der Waals surface area contributed by atoms with Crippen molar-refractivity contribution in [3.8, 4) is 11.3 Å². The highest BCUT2D eigenvalue weighted by molar-refractivity contribution is 6.33. The number of hydrogen-bond acceptors (Lipinski definition) is 4. The molecule has 1 amide bonds. The van der Waals surface area contributed by atoms with Crippen LogP contribution in [0.25, 0.3) is 22.2 Å². The zero-order valence-corrected chi connectivity index (χ0v) is 18.3. The van der Waals surface area contributed by atoms with Crippen LogP contribution in [0.2, 0.25) is 5.02 Å². The molecule has 0 atom stereocenters. The SMILES string of the molecule is CN(Cc1ccccc1)C(=O)COC(=O)c1cc(-c2ccccc2Cl)nc2ccccc12. The lowest BCUT2D eigenvalue weighted by molar-refractivity contribution is -0.133. The first-order valence-corrected chi connectivity index (χ1v) is 10.5. The summed E-state index contributed by atoms with van der Waals surface area (Å²) >= 11 is 6.34. The van der Waals surface area contributed by atoms with Crippen LogP contribution < -0.4 is 0 Å². The van der Waals surface area contributed by atoms with Gasteiger partial charge in [0.15, 0.2) is 6.61 Å². The highest BCUT2D eigenvalue weighted by atomic mass is 35.5. The molecule has 160 valence electrons. The molecule has 0 radical (unpaired) electrons. The number of nitrogens with zero attached hydrogens (tertiary/aromatic N) is 2. The zero-order valence-electron chi connectivity index (χ0n) is 17.5. The second-order valence-corrected chi connectivity index (χ2v) is 7.77. The number of aromatic nitrogens is 1. The maximum absolute atomic E-state index is 13.0. The molecule has 0 aliphatic rings. The normalized spacial score (nSPS) is 10.7. The van der Waals surface area contributed by atoms with Crippen molar-refractivity contribution in [1.29, 1.82) is 0 Å². The summed E-state index contributed by atoms with van der Waals surface area (Å²) in [6, 6.07) is 25.9. The van der Waals surface area contributed by atoms with Gasteiger partial charge in [-0.25, -0.2) is 9.78 Å². The minimum Gasteiger partial charge on any atom is -0.452 e. The van der Waals surface area contributed by atoms with Gasteiger partial charge in [0.2, 0.25) is 0 Å². The van der Waals surface area contributed by atoms with Gasteiger partial charge in [-0.2, -0.15) is 0 Å². The van der Waals surface area contributed by atoms with Crippen LogP contribution in [0.1, 0.15) is 15.9 Å². The number of benzene rings is 3. The molecular formula is C26H21ClN2O3. The molecule has 0 unspecified atom stereocenters.